The monoisotopic (exact) mass is 440 g/mol. The summed E-state index contributed by atoms with van der Waals surface area (Å²) < 4.78 is 25.0. The van der Waals surface area contributed by atoms with Crippen molar-refractivity contribution in [1.82, 2.24) is 0 Å². The number of carbonyl (C=O) groups is 2. The second-order valence-electron chi connectivity index (χ2n) is 11.9. The van der Waals surface area contributed by atoms with Crippen LogP contribution in [0.2, 0.25) is 0 Å². The van der Waals surface area contributed by atoms with Crippen LogP contribution in [-0.4, -0.2) is 45.9 Å². The van der Waals surface area contributed by atoms with Gasteiger partial charge in [0.25, 0.3) is 0 Å². The minimum absolute atomic E-state index is 0.425. The highest BCUT2D eigenvalue weighted by Crippen LogP contribution is 2.94. The third kappa shape index (κ3) is 1.23. The molecule has 2 saturated carbocycles. The highest BCUT2D eigenvalue weighted by molar-refractivity contribution is 5.93. The highest BCUT2D eigenvalue weighted by atomic mass is 16.8. The fourth-order valence-electron chi connectivity index (χ4n) is 9.63. The largest absolute Gasteiger partial charge is 0.459 e. The van der Waals surface area contributed by atoms with E-state index in [0.29, 0.717) is 18.4 Å². The molecule has 3 aliphatic carbocycles. The van der Waals surface area contributed by atoms with Gasteiger partial charge in [0.1, 0.15) is 17.1 Å². The van der Waals surface area contributed by atoms with E-state index >= 15 is 0 Å². The van der Waals surface area contributed by atoms with E-state index < -0.39 is 62.5 Å². The number of esters is 2. The van der Waals surface area contributed by atoms with E-state index in [-0.39, 0.29) is 0 Å². The third-order valence-electron chi connectivity index (χ3n) is 10.7. The fourth-order valence-corrected chi connectivity index (χ4v) is 9.63. The molecule has 3 spiro atoms. The van der Waals surface area contributed by atoms with E-state index in [4.69, 9.17) is 18.9 Å². The summed E-state index contributed by atoms with van der Waals surface area (Å²) in [4.78, 5) is 26.7. The van der Waals surface area contributed by atoms with E-state index in [2.05, 4.69) is 19.6 Å². The molecule has 5 heterocycles. The highest BCUT2D eigenvalue weighted by Gasteiger charge is 3.05. The first-order chi connectivity index (χ1) is 14.7. The summed E-state index contributed by atoms with van der Waals surface area (Å²) in [5.74, 6) is -3.92. The van der Waals surface area contributed by atoms with Crippen LogP contribution in [0.5, 0.6) is 0 Å². The van der Waals surface area contributed by atoms with Gasteiger partial charge in [-0.2, -0.15) is 0 Å². The van der Waals surface area contributed by atoms with E-state index in [1.807, 2.05) is 27.7 Å². The minimum Gasteiger partial charge on any atom is -0.459 e. The number of aliphatic hydroxyl groups is 1. The van der Waals surface area contributed by atoms with Crippen molar-refractivity contribution in [3.63, 3.8) is 0 Å². The minimum atomic E-state index is -1.78. The van der Waals surface area contributed by atoms with E-state index in [1.165, 1.54) is 6.08 Å². The molecule has 170 valence electrons. The average molecular weight is 440 g/mol. The molecular formula is C25H28O7. The fraction of sp³-hybridized carbons (Fsp3) is 0.680. The second-order valence-corrected chi connectivity index (χ2v) is 11.9. The lowest BCUT2D eigenvalue weighted by Crippen LogP contribution is -2.77. The maximum Gasteiger partial charge on any atom is 0.331 e. The number of carbonyl (C=O) groups excluding carboxylic acids is 2. The predicted octanol–water partition coefficient (Wildman–Crippen LogP) is 2.69. The molecule has 6 bridgehead atoms. The number of cyclic esters (lactones) is 2. The van der Waals surface area contributed by atoms with Crippen LogP contribution in [-0.2, 0) is 28.5 Å². The standard InChI is InChI=1S/C25H28O7/c1-12-19(5)11-22-15-10-16(26)30-18(3,4)14(15)8-9-20(22,6)23(12)17(27)29-13(2)24(23)25(19,28)32-21(22,7)31-24/h8,10,13,28H,1,9,11H2,2-7H3/t13-,19-,20+,21+,22-,23+,24+,25-/m1/s1. The van der Waals surface area contributed by atoms with E-state index in [9.17, 15) is 14.7 Å². The molecule has 0 aromatic rings. The summed E-state index contributed by atoms with van der Waals surface area (Å²) in [6.45, 7) is 15.8. The van der Waals surface area contributed by atoms with Gasteiger partial charge in [-0.05, 0) is 57.3 Å². The Bertz CT molecular complexity index is 1180. The second kappa shape index (κ2) is 4.40. The molecule has 0 aromatic carbocycles. The van der Waals surface area contributed by atoms with Crippen LogP contribution in [0.15, 0.2) is 35.5 Å². The molecule has 0 unspecified atom stereocenters. The van der Waals surface area contributed by atoms with Crippen molar-refractivity contribution in [2.24, 2.45) is 21.7 Å². The Morgan fingerprint density at radius 3 is 2.47 bits per heavy atom. The number of hydrogen-bond acceptors (Lipinski definition) is 7. The van der Waals surface area contributed by atoms with Crippen LogP contribution < -0.4 is 0 Å². The van der Waals surface area contributed by atoms with Gasteiger partial charge in [-0.25, -0.2) is 4.79 Å². The average Bonchev–Trinajstić information content (AvgIpc) is 3.05. The Hall–Kier alpha value is -1.96. The number of hydrogen-bond donors (Lipinski definition) is 1. The maximum atomic E-state index is 13.9. The van der Waals surface area contributed by atoms with Crippen LogP contribution in [0.3, 0.4) is 0 Å². The molecule has 4 saturated heterocycles. The van der Waals surface area contributed by atoms with Gasteiger partial charge in [0.05, 0.1) is 5.41 Å². The Kier molecular flexibility index (Phi) is 2.68. The zero-order chi connectivity index (χ0) is 23.1. The Labute approximate surface area is 186 Å². The zero-order valence-electron chi connectivity index (χ0n) is 19.3. The van der Waals surface area contributed by atoms with Gasteiger partial charge >= 0.3 is 11.9 Å². The normalized spacial score (nSPS) is 59.8. The molecule has 0 amide bonds. The lowest BCUT2D eigenvalue weighted by Gasteiger charge is -2.72. The first-order valence-electron chi connectivity index (χ1n) is 11.4. The van der Waals surface area contributed by atoms with Gasteiger partial charge in [-0.15, -0.1) is 0 Å². The summed E-state index contributed by atoms with van der Waals surface area (Å²) in [5, 5.41) is 12.3. The zero-order valence-corrected chi connectivity index (χ0v) is 19.3. The SMILES string of the molecule is C=C1[C@@]23C(=O)O[C@H](C)[C@]24O[C@@]2(C)O[C@]4(O)[C@]1(C)C[C@]21C2=CC(=O)OC(C)(C)C2=CC[C@@]13C. The van der Waals surface area contributed by atoms with Crippen molar-refractivity contribution < 1.29 is 33.6 Å². The molecule has 32 heavy (non-hydrogen) atoms. The molecule has 0 radical (unpaired) electrons. The summed E-state index contributed by atoms with van der Waals surface area (Å²) in [6.07, 6.45) is 3.85. The van der Waals surface area contributed by atoms with Crippen LogP contribution in [0.25, 0.3) is 0 Å². The molecule has 8 atom stereocenters. The van der Waals surface area contributed by atoms with Gasteiger partial charge in [0, 0.05) is 16.9 Å². The number of fused-ring (bicyclic) bond motifs is 1. The van der Waals surface area contributed by atoms with Crippen molar-refractivity contribution in [2.75, 3.05) is 0 Å². The van der Waals surface area contributed by atoms with Crippen molar-refractivity contribution in [1.29, 1.82) is 0 Å². The van der Waals surface area contributed by atoms with Crippen molar-refractivity contribution in [3.05, 3.63) is 35.5 Å². The van der Waals surface area contributed by atoms with Gasteiger partial charge < -0.3 is 24.1 Å². The molecule has 1 N–H and O–H groups in total. The number of ether oxygens (including phenoxy) is 4. The summed E-state index contributed by atoms with van der Waals surface area (Å²) in [5.41, 5.74) is -3.94. The smallest absolute Gasteiger partial charge is 0.331 e. The number of allylic oxidation sites excluding steroid dienone is 1. The molecule has 8 rings (SSSR count). The molecule has 5 aliphatic heterocycles. The molecule has 7 nitrogen and oxygen atoms in total. The van der Waals surface area contributed by atoms with Crippen LogP contribution in [0.1, 0.15) is 54.4 Å². The third-order valence-corrected chi connectivity index (χ3v) is 10.7. The van der Waals surface area contributed by atoms with Gasteiger partial charge in [0.2, 0.25) is 5.79 Å². The molecular weight excluding hydrogens is 412 g/mol. The first kappa shape index (κ1) is 19.5. The topological polar surface area (TPSA) is 91.3 Å². The van der Waals surface area contributed by atoms with Crippen molar-refractivity contribution in [2.45, 2.75) is 83.3 Å². The van der Waals surface area contributed by atoms with Crippen LogP contribution >= 0.6 is 0 Å². The Balaban J connectivity index is 1.68. The lowest BCUT2D eigenvalue weighted by molar-refractivity contribution is -0.382. The Morgan fingerprint density at radius 1 is 1.09 bits per heavy atom. The van der Waals surface area contributed by atoms with E-state index in [0.717, 1.165) is 11.1 Å². The van der Waals surface area contributed by atoms with Crippen LogP contribution in [0, 0.1) is 21.7 Å². The molecule has 6 fully saturated rings. The predicted molar refractivity (Wildman–Crippen MR) is 110 cm³/mol. The molecule has 7 heteroatoms. The molecule has 8 aliphatic rings. The maximum absolute atomic E-state index is 13.9. The van der Waals surface area contributed by atoms with Gasteiger partial charge in [0.15, 0.2) is 11.4 Å². The summed E-state index contributed by atoms with van der Waals surface area (Å²) in [6, 6.07) is 0. The first-order valence-corrected chi connectivity index (χ1v) is 11.4. The van der Waals surface area contributed by atoms with Gasteiger partial charge in [-0.3, -0.25) is 4.79 Å². The quantitative estimate of drug-likeness (QED) is 0.457. The van der Waals surface area contributed by atoms with Gasteiger partial charge in [-0.1, -0.05) is 26.5 Å². The summed E-state index contributed by atoms with van der Waals surface area (Å²) in [7, 11) is 0. The van der Waals surface area contributed by atoms with E-state index in [1.54, 1.807) is 6.92 Å². The lowest BCUT2D eigenvalue weighted by atomic mass is 9.33. The Morgan fingerprint density at radius 2 is 1.78 bits per heavy atom. The van der Waals surface area contributed by atoms with Crippen molar-refractivity contribution in [3.8, 4) is 0 Å². The molecule has 0 aromatic heterocycles. The van der Waals surface area contributed by atoms with Crippen molar-refractivity contribution >= 4 is 11.9 Å². The van der Waals surface area contributed by atoms with Crippen LogP contribution in [0.4, 0.5) is 0 Å². The number of rotatable bonds is 0. The summed E-state index contributed by atoms with van der Waals surface area (Å²) >= 11 is 0.